The van der Waals surface area contributed by atoms with E-state index < -0.39 is 11.7 Å². The number of halogens is 2. The van der Waals surface area contributed by atoms with Gasteiger partial charge in [0.15, 0.2) is 0 Å². The van der Waals surface area contributed by atoms with Crippen molar-refractivity contribution in [2.75, 3.05) is 17.7 Å². The van der Waals surface area contributed by atoms with Crippen LogP contribution in [0.5, 0.6) is 5.75 Å². The second-order valence-corrected chi connectivity index (χ2v) is 8.08. The number of benzene rings is 3. The summed E-state index contributed by atoms with van der Waals surface area (Å²) >= 11 is 5.76. The van der Waals surface area contributed by atoms with E-state index in [0.717, 1.165) is 17.3 Å². The SMILES string of the molecule is COc1ccc(NC(=O)c2ccc(-c3ccccc3)nc2C)cc1NC(=O)c1ccc(Cl)cc1F. The van der Waals surface area contributed by atoms with E-state index in [1.807, 2.05) is 30.3 Å². The van der Waals surface area contributed by atoms with Gasteiger partial charge in [0.2, 0.25) is 0 Å². The fraction of sp³-hybridized carbons (Fsp3) is 0.0741. The van der Waals surface area contributed by atoms with Gasteiger partial charge in [-0.05, 0) is 55.5 Å². The molecule has 0 saturated heterocycles. The third-order valence-electron chi connectivity index (χ3n) is 5.28. The molecule has 176 valence electrons. The average Bonchev–Trinajstić information content (AvgIpc) is 2.84. The number of aromatic nitrogens is 1. The van der Waals surface area contributed by atoms with Crippen LogP contribution in [0.2, 0.25) is 5.02 Å². The van der Waals surface area contributed by atoms with E-state index in [4.69, 9.17) is 16.3 Å². The van der Waals surface area contributed by atoms with Crippen molar-refractivity contribution in [1.82, 2.24) is 4.98 Å². The summed E-state index contributed by atoms with van der Waals surface area (Å²) in [5.41, 5.74) is 3.21. The van der Waals surface area contributed by atoms with Crippen LogP contribution < -0.4 is 15.4 Å². The predicted octanol–water partition coefficient (Wildman–Crippen LogP) is 6.36. The molecule has 0 fully saturated rings. The highest BCUT2D eigenvalue weighted by molar-refractivity contribution is 6.30. The predicted molar refractivity (Wildman–Crippen MR) is 135 cm³/mol. The second-order valence-electron chi connectivity index (χ2n) is 7.64. The lowest BCUT2D eigenvalue weighted by Gasteiger charge is -2.14. The van der Waals surface area contributed by atoms with E-state index in [2.05, 4.69) is 15.6 Å². The molecule has 0 bridgehead atoms. The summed E-state index contributed by atoms with van der Waals surface area (Å²) in [6.45, 7) is 1.77. The van der Waals surface area contributed by atoms with E-state index in [1.54, 1.807) is 31.2 Å². The van der Waals surface area contributed by atoms with Crippen LogP contribution in [0.3, 0.4) is 0 Å². The van der Waals surface area contributed by atoms with Gasteiger partial charge in [-0.2, -0.15) is 0 Å². The largest absolute Gasteiger partial charge is 0.495 e. The zero-order chi connectivity index (χ0) is 24.9. The van der Waals surface area contributed by atoms with Crippen LogP contribution in [-0.2, 0) is 0 Å². The van der Waals surface area contributed by atoms with Gasteiger partial charge in [0.1, 0.15) is 11.6 Å². The van der Waals surface area contributed by atoms with Crippen molar-refractivity contribution in [2.45, 2.75) is 6.92 Å². The molecule has 0 atom stereocenters. The lowest BCUT2D eigenvalue weighted by Crippen LogP contribution is -2.16. The second kappa shape index (κ2) is 10.4. The van der Waals surface area contributed by atoms with Gasteiger partial charge in [-0.1, -0.05) is 41.9 Å². The Kier molecular flexibility index (Phi) is 7.08. The highest BCUT2D eigenvalue weighted by atomic mass is 35.5. The number of nitrogens with one attached hydrogen (secondary N) is 2. The molecule has 0 unspecified atom stereocenters. The lowest BCUT2D eigenvalue weighted by molar-refractivity contribution is 0.101. The van der Waals surface area contributed by atoms with E-state index in [9.17, 15) is 14.0 Å². The fourth-order valence-electron chi connectivity index (χ4n) is 3.52. The van der Waals surface area contributed by atoms with Gasteiger partial charge >= 0.3 is 0 Å². The first-order valence-corrected chi connectivity index (χ1v) is 11.0. The summed E-state index contributed by atoms with van der Waals surface area (Å²) in [6.07, 6.45) is 0. The zero-order valence-corrected chi connectivity index (χ0v) is 19.7. The molecule has 1 heterocycles. The number of amides is 2. The Hall–Kier alpha value is -4.23. The molecular formula is C27H21ClFN3O3. The molecule has 0 spiro atoms. The molecule has 0 radical (unpaired) electrons. The number of anilines is 2. The summed E-state index contributed by atoms with van der Waals surface area (Å²) in [5.74, 6) is -1.45. The van der Waals surface area contributed by atoms with Gasteiger partial charge in [-0.15, -0.1) is 0 Å². The number of hydrogen-bond donors (Lipinski definition) is 2. The Bertz CT molecular complexity index is 1410. The summed E-state index contributed by atoms with van der Waals surface area (Å²) in [7, 11) is 1.44. The Balaban J connectivity index is 1.54. The molecule has 2 amide bonds. The number of aryl methyl sites for hydroxylation is 1. The molecule has 3 aromatic carbocycles. The number of hydrogen-bond acceptors (Lipinski definition) is 4. The Labute approximate surface area is 206 Å². The molecule has 35 heavy (non-hydrogen) atoms. The van der Waals surface area contributed by atoms with Crippen LogP contribution in [0.4, 0.5) is 15.8 Å². The van der Waals surface area contributed by atoms with Crippen LogP contribution in [0.25, 0.3) is 11.3 Å². The number of nitrogens with zero attached hydrogens (tertiary/aromatic N) is 1. The Morgan fingerprint density at radius 2 is 1.60 bits per heavy atom. The molecule has 0 aliphatic carbocycles. The first-order chi connectivity index (χ1) is 16.9. The highest BCUT2D eigenvalue weighted by Crippen LogP contribution is 2.29. The number of rotatable bonds is 6. The molecule has 4 rings (SSSR count). The number of pyridine rings is 1. The zero-order valence-electron chi connectivity index (χ0n) is 18.9. The van der Waals surface area contributed by atoms with Crippen molar-refractivity contribution in [3.8, 4) is 17.0 Å². The van der Waals surface area contributed by atoms with Crippen LogP contribution in [0, 0.1) is 12.7 Å². The molecule has 0 aliphatic heterocycles. The minimum atomic E-state index is -0.750. The summed E-state index contributed by atoms with van der Waals surface area (Å²) < 4.78 is 19.5. The quantitative estimate of drug-likeness (QED) is 0.330. The molecular weight excluding hydrogens is 469 g/mol. The van der Waals surface area contributed by atoms with E-state index >= 15 is 0 Å². The third kappa shape index (κ3) is 5.47. The van der Waals surface area contributed by atoms with Crippen LogP contribution in [-0.4, -0.2) is 23.9 Å². The monoisotopic (exact) mass is 489 g/mol. The Morgan fingerprint density at radius 3 is 2.29 bits per heavy atom. The maximum Gasteiger partial charge on any atom is 0.258 e. The smallest absolute Gasteiger partial charge is 0.258 e. The van der Waals surface area contributed by atoms with Gasteiger partial charge in [-0.25, -0.2) is 4.39 Å². The van der Waals surface area contributed by atoms with Crippen molar-refractivity contribution in [3.05, 3.63) is 107 Å². The topological polar surface area (TPSA) is 80.3 Å². The van der Waals surface area contributed by atoms with Gasteiger partial charge in [0.25, 0.3) is 11.8 Å². The van der Waals surface area contributed by atoms with Gasteiger partial charge in [0, 0.05) is 16.3 Å². The van der Waals surface area contributed by atoms with Crippen LogP contribution >= 0.6 is 11.6 Å². The minimum absolute atomic E-state index is 0.175. The maximum atomic E-state index is 14.2. The maximum absolute atomic E-state index is 14.2. The van der Waals surface area contributed by atoms with Gasteiger partial charge in [-0.3, -0.25) is 14.6 Å². The summed E-state index contributed by atoms with van der Waals surface area (Å²) in [6, 6.07) is 21.7. The van der Waals surface area contributed by atoms with Crippen LogP contribution in [0.15, 0.2) is 78.9 Å². The van der Waals surface area contributed by atoms with Crippen molar-refractivity contribution < 1.29 is 18.7 Å². The number of methoxy groups -OCH3 is 1. The van der Waals surface area contributed by atoms with Crippen molar-refractivity contribution >= 4 is 34.8 Å². The van der Waals surface area contributed by atoms with E-state index in [0.29, 0.717) is 22.7 Å². The summed E-state index contributed by atoms with van der Waals surface area (Å²) in [4.78, 5) is 30.1. The number of carbonyl (C=O) groups is 2. The summed E-state index contributed by atoms with van der Waals surface area (Å²) in [5, 5.41) is 5.61. The van der Waals surface area contributed by atoms with Crippen LogP contribution in [0.1, 0.15) is 26.4 Å². The van der Waals surface area contributed by atoms with Crippen molar-refractivity contribution in [2.24, 2.45) is 0 Å². The minimum Gasteiger partial charge on any atom is -0.495 e. The molecule has 4 aromatic rings. The number of carbonyl (C=O) groups excluding carboxylic acids is 2. The Morgan fingerprint density at radius 1 is 0.886 bits per heavy atom. The fourth-order valence-corrected chi connectivity index (χ4v) is 3.67. The van der Waals surface area contributed by atoms with E-state index in [-0.39, 0.29) is 22.2 Å². The first-order valence-electron chi connectivity index (χ1n) is 10.6. The van der Waals surface area contributed by atoms with Crippen molar-refractivity contribution in [3.63, 3.8) is 0 Å². The normalized spacial score (nSPS) is 10.5. The van der Waals surface area contributed by atoms with Gasteiger partial charge < -0.3 is 15.4 Å². The van der Waals surface area contributed by atoms with Gasteiger partial charge in [0.05, 0.1) is 35.3 Å². The number of ether oxygens (including phenoxy) is 1. The molecule has 0 saturated carbocycles. The molecule has 8 heteroatoms. The lowest BCUT2D eigenvalue weighted by atomic mass is 10.1. The molecule has 1 aromatic heterocycles. The highest BCUT2D eigenvalue weighted by Gasteiger charge is 2.17. The molecule has 6 nitrogen and oxygen atoms in total. The standard InChI is InChI=1S/C27H21ClFN3O3/c1-16-20(11-12-23(30-16)17-6-4-3-5-7-17)26(33)31-19-9-13-25(35-2)24(15-19)32-27(34)21-10-8-18(28)14-22(21)29/h3-15H,1-2H3,(H,31,33)(H,32,34). The third-order valence-corrected chi connectivity index (χ3v) is 5.52. The molecule has 0 aliphatic rings. The average molecular weight is 490 g/mol. The first kappa shape index (κ1) is 23.9. The van der Waals surface area contributed by atoms with E-state index in [1.165, 1.54) is 25.3 Å². The molecule has 2 N–H and O–H groups in total. The van der Waals surface area contributed by atoms with Crippen molar-refractivity contribution in [1.29, 1.82) is 0 Å².